The minimum atomic E-state index is -1.37. The highest BCUT2D eigenvalue weighted by molar-refractivity contribution is 5.69. The predicted molar refractivity (Wildman–Crippen MR) is 66.2 cm³/mol. The molecule has 0 saturated carbocycles. The number of carbonyl (C=O) groups excluding carboxylic acids is 1. The Labute approximate surface area is 106 Å². The summed E-state index contributed by atoms with van der Waals surface area (Å²) in [6, 6.07) is 5.37. The number of hydrogen-bond donors (Lipinski definition) is 1. The molecule has 0 saturated heterocycles. The first-order valence-corrected chi connectivity index (χ1v) is 5.65. The fourth-order valence-corrected chi connectivity index (χ4v) is 2.37. The van der Waals surface area contributed by atoms with Gasteiger partial charge in [0.2, 0.25) is 0 Å². The molecule has 1 aromatic rings. The van der Waals surface area contributed by atoms with Crippen molar-refractivity contribution in [3.63, 3.8) is 0 Å². The number of aliphatic hydroxyl groups is 1. The van der Waals surface area contributed by atoms with Crippen molar-refractivity contribution in [1.82, 2.24) is 0 Å². The Balaban J connectivity index is 2.55. The second-order valence-corrected chi connectivity index (χ2v) is 4.46. The lowest BCUT2D eigenvalue weighted by Gasteiger charge is -2.47. The highest BCUT2D eigenvalue weighted by Gasteiger charge is 2.55. The van der Waals surface area contributed by atoms with E-state index in [0.29, 0.717) is 16.9 Å². The fourth-order valence-electron chi connectivity index (χ4n) is 2.37. The van der Waals surface area contributed by atoms with Crippen molar-refractivity contribution in [1.29, 1.82) is 0 Å². The van der Waals surface area contributed by atoms with Gasteiger partial charge in [0.15, 0.2) is 11.7 Å². The molecule has 0 spiro atoms. The maximum absolute atomic E-state index is 11.1. The Bertz CT molecular complexity index is 521. The molecule has 1 N–H and O–H groups in total. The summed E-state index contributed by atoms with van der Waals surface area (Å²) < 4.78 is 10.4. The van der Waals surface area contributed by atoms with Crippen molar-refractivity contribution in [2.75, 3.05) is 7.11 Å². The highest BCUT2D eigenvalue weighted by atomic mass is 16.6. The molecular formula is C14H16O4. The van der Waals surface area contributed by atoms with Crippen molar-refractivity contribution in [3.05, 3.63) is 41.5 Å². The third-order valence-corrected chi connectivity index (χ3v) is 3.26. The lowest BCUT2D eigenvalue weighted by atomic mass is 9.66. The SMILES string of the molecule is C=C(C)C1(O)c2c(OC)cccc2[C@@H]1OC(C)=O. The fraction of sp³-hybridized carbons (Fsp3) is 0.357. The first-order valence-electron chi connectivity index (χ1n) is 5.65. The largest absolute Gasteiger partial charge is 0.496 e. The van der Waals surface area contributed by atoms with Crippen LogP contribution < -0.4 is 4.74 Å². The number of ether oxygens (including phenoxy) is 2. The van der Waals surface area contributed by atoms with Crippen molar-refractivity contribution >= 4 is 5.97 Å². The van der Waals surface area contributed by atoms with E-state index < -0.39 is 17.7 Å². The molecule has 0 heterocycles. The standard InChI is InChI=1S/C14H16O4/c1-8(2)14(16)12-10(13(14)18-9(3)15)6-5-7-11(12)17-4/h5-7,13,16H,1H2,2-4H3/t13-,14?/m0/s1. The number of carbonyl (C=O) groups is 1. The minimum Gasteiger partial charge on any atom is -0.496 e. The molecular weight excluding hydrogens is 232 g/mol. The maximum Gasteiger partial charge on any atom is 0.303 e. The molecule has 0 aromatic heterocycles. The normalized spacial score (nSPS) is 24.8. The topological polar surface area (TPSA) is 55.8 Å². The van der Waals surface area contributed by atoms with Gasteiger partial charge in [0.1, 0.15) is 5.75 Å². The van der Waals surface area contributed by atoms with Crippen molar-refractivity contribution in [2.45, 2.75) is 25.6 Å². The molecule has 2 atom stereocenters. The highest BCUT2D eigenvalue weighted by Crippen LogP contribution is 2.57. The van der Waals surface area contributed by atoms with Gasteiger partial charge in [-0.1, -0.05) is 18.7 Å². The minimum absolute atomic E-state index is 0.437. The van der Waals surface area contributed by atoms with Gasteiger partial charge in [-0.25, -0.2) is 0 Å². The van der Waals surface area contributed by atoms with E-state index in [4.69, 9.17) is 9.47 Å². The van der Waals surface area contributed by atoms with Crippen molar-refractivity contribution in [2.24, 2.45) is 0 Å². The molecule has 96 valence electrons. The molecule has 1 unspecified atom stereocenters. The molecule has 1 aromatic carbocycles. The molecule has 2 rings (SSSR count). The summed E-state index contributed by atoms with van der Waals surface area (Å²) in [6.07, 6.45) is -0.711. The summed E-state index contributed by atoms with van der Waals surface area (Å²) in [7, 11) is 1.54. The zero-order valence-electron chi connectivity index (χ0n) is 10.7. The Morgan fingerprint density at radius 2 is 2.11 bits per heavy atom. The Hall–Kier alpha value is -1.81. The van der Waals surface area contributed by atoms with Gasteiger partial charge in [0.25, 0.3) is 0 Å². The number of esters is 1. The monoisotopic (exact) mass is 248 g/mol. The zero-order chi connectivity index (χ0) is 13.5. The van der Waals surface area contributed by atoms with E-state index in [1.165, 1.54) is 14.0 Å². The summed E-state index contributed by atoms with van der Waals surface area (Å²) in [4.78, 5) is 11.1. The number of fused-ring (bicyclic) bond motifs is 1. The van der Waals surface area contributed by atoms with Crippen LogP contribution in [0, 0.1) is 0 Å². The first-order chi connectivity index (χ1) is 8.42. The molecule has 0 fully saturated rings. The molecule has 0 radical (unpaired) electrons. The van der Waals surface area contributed by atoms with Gasteiger partial charge in [0, 0.05) is 18.1 Å². The van der Waals surface area contributed by atoms with E-state index in [9.17, 15) is 9.90 Å². The van der Waals surface area contributed by atoms with Crippen LogP contribution >= 0.6 is 0 Å². The third-order valence-electron chi connectivity index (χ3n) is 3.26. The van der Waals surface area contributed by atoms with E-state index >= 15 is 0 Å². The van der Waals surface area contributed by atoms with Gasteiger partial charge < -0.3 is 14.6 Å². The van der Waals surface area contributed by atoms with E-state index in [1.54, 1.807) is 19.1 Å². The number of rotatable bonds is 3. The molecule has 18 heavy (non-hydrogen) atoms. The second kappa shape index (κ2) is 4.14. The predicted octanol–water partition coefficient (Wildman–Crippen LogP) is 2.08. The molecule has 1 aliphatic rings. The van der Waals surface area contributed by atoms with Crippen LogP contribution in [0.25, 0.3) is 0 Å². The zero-order valence-corrected chi connectivity index (χ0v) is 10.7. The Kier molecular flexibility index (Phi) is 2.91. The maximum atomic E-state index is 11.1. The van der Waals surface area contributed by atoms with Gasteiger partial charge in [-0.3, -0.25) is 4.79 Å². The quantitative estimate of drug-likeness (QED) is 0.657. The van der Waals surface area contributed by atoms with E-state index in [-0.39, 0.29) is 0 Å². The lowest BCUT2D eigenvalue weighted by Crippen LogP contribution is -2.46. The van der Waals surface area contributed by atoms with E-state index in [0.717, 1.165) is 5.56 Å². The Morgan fingerprint density at radius 1 is 1.44 bits per heavy atom. The molecule has 0 aliphatic heterocycles. The van der Waals surface area contributed by atoms with Crippen LogP contribution in [0.2, 0.25) is 0 Å². The number of methoxy groups -OCH3 is 1. The summed E-state index contributed by atoms with van der Waals surface area (Å²) in [6.45, 7) is 6.80. The summed E-state index contributed by atoms with van der Waals surface area (Å²) >= 11 is 0. The van der Waals surface area contributed by atoms with Gasteiger partial charge in [-0.15, -0.1) is 0 Å². The van der Waals surface area contributed by atoms with Crippen molar-refractivity contribution < 1.29 is 19.4 Å². The van der Waals surface area contributed by atoms with Crippen LogP contribution in [0.1, 0.15) is 31.1 Å². The smallest absolute Gasteiger partial charge is 0.303 e. The molecule has 0 amide bonds. The number of benzene rings is 1. The van der Waals surface area contributed by atoms with E-state index in [1.807, 2.05) is 6.07 Å². The lowest BCUT2D eigenvalue weighted by molar-refractivity contribution is -0.168. The molecule has 1 aliphatic carbocycles. The van der Waals surface area contributed by atoms with Crippen LogP contribution in [0.15, 0.2) is 30.4 Å². The second-order valence-electron chi connectivity index (χ2n) is 4.46. The summed E-state index contributed by atoms with van der Waals surface area (Å²) in [5.74, 6) is 0.134. The third kappa shape index (κ3) is 1.53. The van der Waals surface area contributed by atoms with Crippen LogP contribution in [-0.2, 0) is 15.1 Å². The summed E-state index contributed by atoms with van der Waals surface area (Å²) in [5.41, 5.74) is 0.542. The van der Waals surface area contributed by atoms with Crippen molar-refractivity contribution in [3.8, 4) is 5.75 Å². The van der Waals surface area contributed by atoms with Crippen LogP contribution in [0.3, 0.4) is 0 Å². The Morgan fingerprint density at radius 3 is 2.61 bits per heavy atom. The van der Waals surface area contributed by atoms with Gasteiger partial charge in [-0.05, 0) is 18.6 Å². The molecule has 4 nitrogen and oxygen atoms in total. The van der Waals surface area contributed by atoms with Crippen LogP contribution in [0.4, 0.5) is 0 Å². The average Bonchev–Trinajstić information content (AvgIpc) is 2.33. The summed E-state index contributed by atoms with van der Waals surface area (Å²) in [5, 5.41) is 10.7. The molecule has 0 bridgehead atoms. The molecule has 4 heteroatoms. The van der Waals surface area contributed by atoms with Gasteiger partial charge in [0.05, 0.1) is 7.11 Å². The first kappa shape index (κ1) is 12.6. The number of hydrogen-bond acceptors (Lipinski definition) is 4. The van der Waals surface area contributed by atoms with E-state index in [2.05, 4.69) is 6.58 Å². The average molecular weight is 248 g/mol. The van der Waals surface area contributed by atoms with Crippen LogP contribution in [0.5, 0.6) is 5.75 Å². The van der Waals surface area contributed by atoms with Gasteiger partial charge in [-0.2, -0.15) is 0 Å². The van der Waals surface area contributed by atoms with Gasteiger partial charge >= 0.3 is 5.97 Å². The van der Waals surface area contributed by atoms with Crippen LogP contribution in [-0.4, -0.2) is 18.2 Å².